The molecular weight excluding hydrogens is 244 g/mol. The first kappa shape index (κ1) is 11.9. The van der Waals surface area contributed by atoms with Gasteiger partial charge in [-0.3, -0.25) is 0 Å². The minimum atomic E-state index is -0.973. The van der Waals surface area contributed by atoms with E-state index in [2.05, 4.69) is 20.2 Å². The number of aromatic carboxylic acids is 1. The number of rotatable bonds is 3. The van der Waals surface area contributed by atoms with Gasteiger partial charge in [0.1, 0.15) is 0 Å². The van der Waals surface area contributed by atoms with Gasteiger partial charge in [0.05, 0.1) is 17.1 Å². The zero-order valence-electron chi connectivity index (χ0n) is 10.5. The molecule has 2 heterocycles. The molecule has 0 radical (unpaired) electrons. The number of carbonyl (C=O) groups is 1. The van der Waals surface area contributed by atoms with E-state index in [1.54, 1.807) is 18.3 Å². The topological polar surface area (TPSA) is 78.4 Å². The Bertz CT molecular complexity index is 638. The normalized spacial score (nSPS) is 16.3. The summed E-state index contributed by atoms with van der Waals surface area (Å²) in [6.07, 6.45) is 1.65. The lowest BCUT2D eigenvalue weighted by atomic mass is 10.1. The molecule has 1 aromatic carbocycles. The Balaban J connectivity index is 1.94. The van der Waals surface area contributed by atoms with Crippen molar-refractivity contribution in [2.45, 2.75) is 6.04 Å². The van der Waals surface area contributed by atoms with Crippen molar-refractivity contribution < 1.29 is 9.90 Å². The van der Waals surface area contributed by atoms with Crippen molar-refractivity contribution in [3.05, 3.63) is 30.0 Å². The fourth-order valence-corrected chi connectivity index (χ4v) is 2.27. The summed E-state index contributed by atoms with van der Waals surface area (Å²) in [5, 5.41) is 13.1. The summed E-state index contributed by atoms with van der Waals surface area (Å²) in [4.78, 5) is 21.9. The highest BCUT2D eigenvalue weighted by Crippen LogP contribution is 2.18. The van der Waals surface area contributed by atoms with Crippen molar-refractivity contribution in [1.82, 2.24) is 14.9 Å². The van der Waals surface area contributed by atoms with Gasteiger partial charge in [-0.15, -0.1) is 0 Å². The maximum atomic E-state index is 11.2. The molecule has 0 spiro atoms. The number of hydrogen-bond donors (Lipinski definition) is 2. The van der Waals surface area contributed by atoms with Crippen LogP contribution in [0.5, 0.6) is 0 Å². The van der Waals surface area contributed by atoms with E-state index in [0.29, 0.717) is 17.5 Å². The molecular formula is C13H14N4O2. The number of carboxylic acid groups (broad SMARTS) is 1. The van der Waals surface area contributed by atoms with Crippen LogP contribution in [0.1, 0.15) is 10.4 Å². The van der Waals surface area contributed by atoms with Gasteiger partial charge in [0.15, 0.2) is 0 Å². The van der Waals surface area contributed by atoms with Crippen LogP contribution in [0.25, 0.3) is 10.9 Å². The van der Waals surface area contributed by atoms with Crippen LogP contribution >= 0.6 is 0 Å². The molecule has 0 unspecified atom stereocenters. The van der Waals surface area contributed by atoms with Crippen LogP contribution in [0.4, 0.5) is 5.95 Å². The Morgan fingerprint density at radius 3 is 2.95 bits per heavy atom. The minimum Gasteiger partial charge on any atom is -0.478 e. The van der Waals surface area contributed by atoms with E-state index in [1.165, 1.54) is 0 Å². The number of fused-ring (bicyclic) bond motifs is 1. The summed E-state index contributed by atoms with van der Waals surface area (Å²) >= 11 is 0. The fourth-order valence-electron chi connectivity index (χ4n) is 2.27. The van der Waals surface area contributed by atoms with Gasteiger partial charge < -0.3 is 15.3 Å². The fraction of sp³-hybridized carbons (Fsp3) is 0.308. The molecule has 6 heteroatoms. The van der Waals surface area contributed by atoms with E-state index in [9.17, 15) is 4.79 Å². The zero-order valence-corrected chi connectivity index (χ0v) is 10.5. The second-order valence-electron chi connectivity index (χ2n) is 4.80. The lowest BCUT2D eigenvalue weighted by molar-refractivity contribution is 0.0699. The largest absolute Gasteiger partial charge is 0.478 e. The van der Waals surface area contributed by atoms with Gasteiger partial charge in [0.2, 0.25) is 5.95 Å². The molecule has 1 aromatic heterocycles. The molecule has 1 fully saturated rings. The molecule has 1 aliphatic rings. The predicted octanol–water partition coefficient (Wildman–Crippen LogP) is 1.05. The smallest absolute Gasteiger partial charge is 0.337 e. The maximum Gasteiger partial charge on any atom is 0.337 e. The van der Waals surface area contributed by atoms with Gasteiger partial charge in [-0.1, -0.05) is 12.1 Å². The number of nitrogens with zero attached hydrogens (tertiary/aromatic N) is 3. The molecule has 6 nitrogen and oxygen atoms in total. The number of likely N-dealkylation sites (N-methyl/N-ethyl adjacent to an activating group) is 1. The standard InChI is InChI=1S/C13H14N4O2/c1-17-6-9(7-17)15-13-14-5-8-3-2-4-10(12(18)19)11(8)16-13/h2-5,9H,6-7H2,1H3,(H,18,19)(H,14,15,16). The summed E-state index contributed by atoms with van der Waals surface area (Å²) < 4.78 is 0. The molecule has 0 atom stereocenters. The highest BCUT2D eigenvalue weighted by atomic mass is 16.4. The van der Waals surface area contributed by atoms with Crippen LogP contribution in [-0.4, -0.2) is 52.1 Å². The van der Waals surface area contributed by atoms with Crippen molar-refractivity contribution in [2.75, 3.05) is 25.5 Å². The van der Waals surface area contributed by atoms with E-state index in [1.807, 2.05) is 13.1 Å². The summed E-state index contributed by atoms with van der Waals surface area (Å²) in [6.45, 7) is 1.89. The molecule has 0 bridgehead atoms. The third-order valence-corrected chi connectivity index (χ3v) is 3.24. The van der Waals surface area contributed by atoms with Crippen LogP contribution in [0.3, 0.4) is 0 Å². The molecule has 1 saturated heterocycles. The van der Waals surface area contributed by atoms with E-state index < -0.39 is 5.97 Å². The number of carboxylic acids is 1. The Morgan fingerprint density at radius 1 is 1.47 bits per heavy atom. The number of likely N-dealkylation sites (tertiary alicyclic amines) is 1. The number of hydrogen-bond acceptors (Lipinski definition) is 5. The van der Waals surface area contributed by atoms with Gasteiger partial charge in [0.25, 0.3) is 0 Å². The van der Waals surface area contributed by atoms with Gasteiger partial charge in [-0.05, 0) is 13.1 Å². The van der Waals surface area contributed by atoms with E-state index in [4.69, 9.17) is 5.11 Å². The minimum absolute atomic E-state index is 0.202. The van der Waals surface area contributed by atoms with Crippen molar-refractivity contribution in [2.24, 2.45) is 0 Å². The summed E-state index contributed by atoms with van der Waals surface area (Å²) in [6, 6.07) is 5.39. The van der Waals surface area contributed by atoms with Crippen LogP contribution in [-0.2, 0) is 0 Å². The number of aromatic nitrogens is 2. The average Bonchev–Trinajstić information content (AvgIpc) is 2.36. The van der Waals surface area contributed by atoms with Crippen LogP contribution in [0, 0.1) is 0 Å². The van der Waals surface area contributed by atoms with Crippen LogP contribution in [0.15, 0.2) is 24.4 Å². The Hall–Kier alpha value is -2.21. The lowest BCUT2D eigenvalue weighted by Gasteiger charge is -2.36. The number of nitrogens with one attached hydrogen (secondary N) is 1. The summed E-state index contributed by atoms with van der Waals surface area (Å²) in [7, 11) is 2.04. The van der Waals surface area contributed by atoms with E-state index >= 15 is 0 Å². The van der Waals surface area contributed by atoms with Gasteiger partial charge >= 0.3 is 5.97 Å². The lowest BCUT2D eigenvalue weighted by Crippen LogP contribution is -2.52. The van der Waals surface area contributed by atoms with Gasteiger partial charge in [-0.2, -0.15) is 0 Å². The zero-order chi connectivity index (χ0) is 13.4. The molecule has 2 aromatic rings. The quantitative estimate of drug-likeness (QED) is 0.857. The number of para-hydroxylation sites is 1. The van der Waals surface area contributed by atoms with E-state index in [0.717, 1.165) is 18.5 Å². The highest BCUT2D eigenvalue weighted by Gasteiger charge is 2.23. The van der Waals surface area contributed by atoms with Crippen molar-refractivity contribution in [3.63, 3.8) is 0 Å². The van der Waals surface area contributed by atoms with Crippen molar-refractivity contribution in [3.8, 4) is 0 Å². The SMILES string of the molecule is CN1CC(Nc2ncc3cccc(C(=O)O)c3n2)C1. The highest BCUT2D eigenvalue weighted by molar-refractivity contribution is 6.01. The van der Waals surface area contributed by atoms with Gasteiger partial charge in [-0.25, -0.2) is 14.8 Å². The van der Waals surface area contributed by atoms with E-state index in [-0.39, 0.29) is 5.56 Å². The molecule has 0 amide bonds. The molecule has 98 valence electrons. The first-order valence-corrected chi connectivity index (χ1v) is 6.07. The second-order valence-corrected chi connectivity index (χ2v) is 4.80. The Morgan fingerprint density at radius 2 is 2.26 bits per heavy atom. The van der Waals surface area contributed by atoms with Crippen molar-refractivity contribution in [1.29, 1.82) is 0 Å². The monoisotopic (exact) mass is 258 g/mol. The first-order valence-electron chi connectivity index (χ1n) is 6.07. The third-order valence-electron chi connectivity index (χ3n) is 3.24. The number of benzene rings is 1. The van der Waals surface area contributed by atoms with Gasteiger partial charge in [0, 0.05) is 24.7 Å². The maximum absolute atomic E-state index is 11.2. The molecule has 0 saturated carbocycles. The van der Waals surface area contributed by atoms with Crippen LogP contribution in [0.2, 0.25) is 0 Å². The Kier molecular flexibility index (Phi) is 2.79. The molecule has 1 aliphatic heterocycles. The van der Waals surface area contributed by atoms with Crippen molar-refractivity contribution >= 4 is 22.8 Å². The summed E-state index contributed by atoms with van der Waals surface area (Å²) in [5.41, 5.74) is 0.675. The second kappa shape index (κ2) is 4.47. The molecule has 2 N–H and O–H groups in total. The number of anilines is 1. The predicted molar refractivity (Wildman–Crippen MR) is 71.4 cm³/mol. The molecule has 3 rings (SSSR count). The van der Waals surface area contributed by atoms with Crippen LogP contribution < -0.4 is 5.32 Å². The molecule has 0 aliphatic carbocycles. The third kappa shape index (κ3) is 2.22. The first-order chi connectivity index (χ1) is 9.13. The average molecular weight is 258 g/mol. The Labute approximate surface area is 110 Å². The molecule has 19 heavy (non-hydrogen) atoms. The summed E-state index contributed by atoms with van der Waals surface area (Å²) in [5.74, 6) is -0.488.